The summed E-state index contributed by atoms with van der Waals surface area (Å²) in [6, 6.07) is 0. The fraction of sp³-hybridized carbons (Fsp3) is 0.769. The summed E-state index contributed by atoms with van der Waals surface area (Å²) in [7, 11) is 0. The second kappa shape index (κ2) is 9.88. The zero-order valence-corrected chi connectivity index (χ0v) is 12.2. The van der Waals surface area contributed by atoms with Gasteiger partial charge in [0.25, 0.3) is 0 Å². The van der Waals surface area contributed by atoms with Crippen molar-refractivity contribution in [2.24, 2.45) is 0 Å². The number of nitrogens with zero attached hydrogens (tertiary/aromatic N) is 2. The maximum absolute atomic E-state index is 2.31. The normalized spacial score (nSPS) is 10.1. The first-order chi connectivity index (χ1) is 7.36. The summed E-state index contributed by atoms with van der Waals surface area (Å²) >= 11 is 0. The van der Waals surface area contributed by atoms with Crippen molar-refractivity contribution in [1.82, 2.24) is 4.57 Å². The van der Waals surface area contributed by atoms with Crippen molar-refractivity contribution in [3.8, 4) is 0 Å². The SMILES string of the molecule is CCCCCn1cc[n+](CCCCC)c1.[Br-]. The molecule has 0 aliphatic rings. The molecule has 0 aliphatic heterocycles. The molecule has 0 aliphatic carbocycles. The van der Waals surface area contributed by atoms with Gasteiger partial charge < -0.3 is 17.0 Å². The minimum Gasteiger partial charge on any atom is -1.00 e. The van der Waals surface area contributed by atoms with Crippen LogP contribution in [-0.4, -0.2) is 4.57 Å². The maximum atomic E-state index is 2.31. The van der Waals surface area contributed by atoms with E-state index in [2.05, 4.69) is 41.7 Å². The van der Waals surface area contributed by atoms with Crippen molar-refractivity contribution >= 4 is 0 Å². The van der Waals surface area contributed by atoms with Gasteiger partial charge in [0.15, 0.2) is 0 Å². The van der Waals surface area contributed by atoms with Crippen LogP contribution in [0.3, 0.4) is 0 Å². The van der Waals surface area contributed by atoms with E-state index >= 15 is 0 Å². The van der Waals surface area contributed by atoms with Crippen LogP contribution in [0.1, 0.15) is 52.4 Å². The average Bonchev–Trinajstić information content (AvgIpc) is 2.67. The molecule has 0 radical (unpaired) electrons. The number of unbranched alkanes of at least 4 members (excludes halogenated alkanes) is 4. The van der Waals surface area contributed by atoms with Gasteiger partial charge >= 0.3 is 0 Å². The molecule has 1 aromatic rings. The average molecular weight is 289 g/mol. The highest BCUT2D eigenvalue weighted by Gasteiger charge is 2.02. The van der Waals surface area contributed by atoms with E-state index < -0.39 is 0 Å². The van der Waals surface area contributed by atoms with Crippen LogP contribution in [-0.2, 0) is 13.1 Å². The monoisotopic (exact) mass is 288 g/mol. The summed E-state index contributed by atoms with van der Waals surface area (Å²) in [5, 5.41) is 0. The Morgan fingerprint density at radius 3 is 2.38 bits per heavy atom. The van der Waals surface area contributed by atoms with E-state index in [1.807, 2.05) is 0 Å². The molecule has 0 atom stereocenters. The number of aryl methyl sites for hydroxylation is 2. The Morgan fingerprint density at radius 2 is 1.69 bits per heavy atom. The molecule has 2 nitrogen and oxygen atoms in total. The molecule has 1 heterocycles. The van der Waals surface area contributed by atoms with E-state index in [4.69, 9.17) is 0 Å². The Labute approximate surface area is 110 Å². The number of imidazole rings is 1. The third-order valence-electron chi connectivity index (χ3n) is 2.79. The molecule has 0 fully saturated rings. The molecule has 0 N–H and O–H groups in total. The van der Waals surface area contributed by atoms with Gasteiger partial charge in [-0.05, 0) is 25.7 Å². The van der Waals surface area contributed by atoms with Gasteiger partial charge in [-0.25, -0.2) is 9.13 Å². The van der Waals surface area contributed by atoms with Crippen molar-refractivity contribution in [2.45, 2.75) is 65.5 Å². The molecule has 0 saturated carbocycles. The second-order valence-electron chi connectivity index (χ2n) is 4.30. The van der Waals surface area contributed by atoms with Crippen molar-refractivity contribution in [1.29, 1.82) is 0 Å². The van der Waals surface area contributed by atoms with Crippen molar-refractivity contribution in [2.75, 3.05) is 0 Å². The standard InChI is InChI=1S/C13H25N2.BrH/c1-3-5-7-9-14-11-12-15(13-14)10-8-6-4-2;/h11-13H,3-10H2,1-2H3;1H/q+1;/p-1. The predicted octanol–water partition coefficient (Wildman–Crippen LogP) is 0.160. The van der Waals surface area contributed by atoms with E-state index in [1.165, 1.54) is 51.6 Å². The fourth-order valence-corrected chi connectivity index (χ4v) is 1.79. The quantitative estimate of drug-likeness (QED) is 0.476. The minimum atomic E-state index is 0. The van der Waals surface area contributed by atoms with Gasteiger partial charge in [0.05, 0.1) is 13.1 Å². The Kier molecular flexibility index (Phi) is 9.69. The van der Waals surface area contributed by atoms with Crippen LogP contribution in [0.5, 0.6) is 0 Å². The highest BCUT2D eigenvalue weighted by atomic mass is 79.9. The van der Waals surface area contributed by atoms with Crippen LogP contribution in [0.2, 0.25) is 0 Å². The van der Waals surface area contributed by atoms with Crippen LogP contribution in [0.25, 0.3) is 0 Å². The molecule has 0 bridgehead atoms. The van der Waals surface area contributed by atoms with E-state index in [9.17, 15) is 0 Å². The van der Waals surface area contributed by atoms with Gasteiger partial charge in [0.2, 0.25) is 6.33 Å². The summed E-state index contributed by atoms with van der Waals surface area (Å²) in [6.45, 7) is 6.85. The lowest BCUT2D eigenvalue weighted by atomic mass is 10.2. The Hall–Kier alpha value is -0.310. The van der Waals surface area contributed by atoms with Gasteiger partial charge in [-0.3, -0.25) is 0 Å². The first kappa shape index (κ1) is 15.7. The van der Waals surface area contributed by atoms with E-state index in [-0.39, 0.29) is 17.0 Å². The second-order valence-corrected chi connectivity index (χ2v) is 4.30. The van der Waals surface area contributed by atoms with Crippen LogP contribution < -0.4 is 21.5 Å². The Balaban J connectivity index is 0.00000225. The topological polar surface area (TPSA) is 8.81 Å². The number of aromatic nitrogens is 2. The molecule has 1 rings (SSSR count). The number of hydrogen-bond acceptors (Lipinski definition) is 0. The molecule has 94 valence electrons. The summed E-state index contributed by atoms with van der Waals surface area (Å²) in [6.07, 6.45) is 14.5. The zero-order chi connectivity index (χ0) is 10.9. The first-order valence-corrected chi connectivity index (χ1v) is 6.41. The molecule has 0 amide bonds. The molecular weight excluding hydrogens is 264 g/mol. The lowest BCUT2D eigenvalue weighted by Gasteiger charge is -1.96. The highest BCUT2D eigenvalue weighted by Crippen LogP contribution is 1.98. The minimum absolute atomic E-state index is 0. The van der Waals surface area contributed by atoms with Crippen molar-refractivity contribution in [3.63, 3.8) is 0 Å². The summed E-state index contributed by atoms with van der Waals surface area (Å²) in [5.41, 5.74) is 0. The largest absolute Gasteiger partial charge is 1.00 e. The third-order valence-corrected chi connectivity index (χ3v) is 2.79. The van der Waals surface area contributed by atoms with Crippen molar-refractivity contribution in [3.05, 3.63) is 18.7 Å². The molecule has 0 aromatic carbocycles. The summed E-state index contributed by atoms with van der Waals surface area (Å²) in [4.78, 5) is 0. The van der Waals surface area contributed by atoms with Crippen LogP contribution >= 0.6 is 0 Å². The van der Waals surface area contributed by atoms with Crippen LogP contribution in [0, 0.1) is 0 Å². The van der Waals surface area contributed by atoms with E-state index in [1.54, 1.807) is 0 Å². The molecule has 1 aromatic heterocycles. The smallest absolute Gasteiger partial charge is 0.243 e. The Morgan fingerprint density at radius 1 is 1.00 bits per heavy atom. The lowest BCUT2D eigenvalue weighted by molar-refractivity contribution is -0.696. The fourth-order valence-electron chi connectivity index (χ4n) is 1.79. The van der Waals surface area contributed by atoms with Gasteiger partial charge in [0.1, 0.15) is 12.4 Å². The van der Waals surface area contributed by atoms with E-state index in [0.29, 0.717) is 0 Å². The third kappa shape index (κ3) is 6.31. The molecule has 16 heavy (non-hydrogen) atoms. The Bertz CT molecular complexity index is 234. The van der Waals surface area contributed by atoms with E-state index in [0.717, 1.165) is 0 Å². The predicted molar refractivity (Wildman–Crippen MR) is 63.7 cm³/mol. The summed E-state index contributed by atoms with van der Waals surface area (Å²) < 4.78 is 4.61. The molecule has 3 heteroatoms. The lowest BCUT2D eigenvalue weighted by Crippen LogP contribution is -3.00. The number of hydrogen-bond donors (Lipinski definition) is 0. The maximum Gasteiger partial charge on any atom is 0.243 e. The molecular formula is C13H25BrN2. The first-order valence-electron chi connectivity index (χ1n) is 6.41. The number of rotatable bonds is 8. The van der Waals surface area contributed by atoms with Gasteiger partial charge in [-0.1, -0.05) is 26.7 Å². The summed E-state index contributed by atoms with van der Waals surface area (Å²) in [5.74, 6) is 0. The van der Waals surface area contributed by atoms with Gasteiger partial charge in [-0.2, -0.15) is 0 Å². The molecule has 0 unspecified atom stereocenters. The zero-order valence-electron chi connectivity index (χ0n) is 10.7. The van der Waals surface area contributed by atoms with Crippen LogP contribution in [0.4, 0.5) is 0 Å². The van der Waals surface area contributed by atoms with Gasteiger partial charge in [-0.15, -0.1) is 0 Å². The highest BCUT2D eigenvalue weighted by molar-refractivity contribution is 4.65. The molecule has 0 spiro atoms. The van der Waals surface area contributed by atoms with Crippen molar-refractivity contribution < 1.29 is 21.5 Å². The molecule has 0 saturated heterocycles. The van der Waals surface area contributed by atoms with Gasteiger partial charge in [0, 0.05) is 0 Å². The van der Waals surface area contributed by atoms with Crippen LogP contribution in [0.15, 0.2) is 18.7 Å². The number of halogens is 1.